The average Bonchev–Trinajstić information content (AvgIpc) is 3.11. The van der Waals surface area contributed by atoms with Crippen LogP contribution in [0.15, 0.2) is 18.2 Å². The van der Waals surface area contributed by atoms with E-state index in [1.54, 1.807) is 0 Å². The monoisotopic (exact) mass is 341 g/mol. The zero-order chi connectivity index (χ0) is 18.0. The number of aromatic nitrogens is 4. The van der Waals surface area contributed by atoms with Crippen LogP contribution in [0.1, 0.15) is 62.4 Å². The van der Waals surface area contributed by atoms with Gasteiger partial charge in [0, 0.05) is 13.5 Å². The molecular weight excluding hydrogens is 314 g/mol. The molecule has 0 unspecified atom stereocenters. The highest BCUT2D eigenvalue weighted by molar-refractivity contribution is 5.76. The molecule has 1 aliphatic carbocycles. The number of nitrogens with zero attached hydrogens (tertiary/aromatic N) is 5. The second kappa shape index (κ2) is 6.94. The Kier molecular flexibility index (Phi) is 4.88. The van der Waals surface area contributed by atoms with Crippen molar-refractivity contribution in [3.05, 3.63) is 35.2 Å². The predicted octanol–water partition coefficient (Wildman–Crippen LogP) is 3.31. The van der Waals surface area contributed by atoms with Gasteiger partial charge in [-0.15, -0.1) is 5.10 Å². The third-order valence-corrected chi connectivity index (χ3v) is 5.47. The molecule has 0 atom stereocenters. The molecule has 0 N–H and O–H groups in total. The van der Waals surface area contributed by atoms with Gasteiger partial charge in [0.05, 0.1) is 5.69 Å². The van der Waals surface area contributed by atoms with Gasteiger partial charge in [-0.3, -0.25) is 4.79 Å². The molecule has 25 heavy (non-hydrogen) atoms. The van der Waals surface area contributed by atoms with E-state index in [2.05, 4.69) is 47.6 Å². The number of rotatable bonds is 4. The molecule has 6 nitrogen and oxygen atoms in total. The van der Waals surface area contributed by atoms with Crippen LogP contribution in [-0.4, -0.2) is 38.1 Å². The van der Waals surface area contributed by atoms with E-state index < -0.39 is 5.54 Å². The van der Waals surface area contributed by atoms with Gasteiger partial charge in [0.1, 0.15) is 5.54 Å². The molecule has 1 saturated carbocycles. The fraction of sp³-hybridized carbons (Fsp3) is 0.579. The van der Waals surface area contributed by atoms with Crippen LogP contribution < -0.4 is 0 Å². The maximum Gasteiger partial charge on any atom is 0.222 e. The van der Waals surface area contributed by atoms with Crippen LogP contribution in [0.3, 0.4) is 0 Å². The van der Waals surface area contributed by atoms with Crippen LogP contribution in [0.5, 0.6) is 0 Å². The quantitative estimate of drug-likeness (QED) is 0.856. The SMILES string of the molecule is CCC(=O)N(C)C1(c2nnnn2-c2ccc(C)cc2C)CCCCC1. The van der Waals surface area contributed by atoms with E-state index >= 15 is 0 Å². The van der Waals surface area contributed by atoms with Gasteiger partial charge in [0.15, 0.2) is 5.82 Å². The number of tetrazole rings is 1. The molecule has 1 fully saturated rings. The first-order valence-electron chi connectivity index (χ1n) is 9.13. The molecule has 1 heterocycles. The predicted molar refractivity (Wildman–Crippen MR) is 96.5 cm³/mol. The minimum absolute atomic E-state index is 0.136. The van der Waals surface area contributed by atoms with Crippen molar-refractivity contribution in [2.45, 2.75) is 64.8 Å². The Balaban J connectivity index is 2.12. The highest BCUT2D eigenvalue weighted by Crippen LogP contribution is 2.41. The molecule has 6 heteroatoms. The molecule has 0 radical (unpaired) electrons. The van der Waals surface area contributed by atoms with Crippen molar-refractivity contribution in [2.75, 3.05) is 7.05 Å². The number of carbonyl (C=O) groups excluding carboxylic acids is 1. The third-order valence-electron chi connectivity index (χ3n) is 5.47. The molecule has 1 aliphatic rings. The zero-order valence-electron chi connectivity index (χ0n) is 15.6. The Morgan fingerprint density at radius 3 is 2.60 bits per heavy atom. The highest BCUT2D eigenvalue weighted by Gasteiger charge is 2.44. The smallest absolute Gasteiger partial charge is 0.222 e. The molecule has 0 saturated heterocycles. The molecule has 3 rings (SSSR count). The van der Waals surface area contributed by atoms with Crippen molar-refractivity contribution in [2.24, 2.45) is 0 Å². The number of hydrogen-bond donors (Lipinski definition) is 0. The summed E-state index contributed by atoms with van der Waals surface area (Å²) in [5.41, 5.74) is 2.89. The van der Waals surface area contributed by atoms with Crippen LogP contribution >= 0.6 is 0 Å². The number of benzene rings is 1. The topological polar surface area (TPSA) is 63.9 Å². The van der Waals surface area contributed by atoms with Gasteiger partial charge >= 0.3 is 0 Å². The number of amides is 1. The summed E-state index contributed by atoms with van der Waals surface area (Å²) >= 11 is 0. The minimum atomic E-state index is -0.424. The number of hydrogen-bond acceptors (Lipinski definition) is 4. The first-order chi connectivity index (χ1) is 12.0. The summed E-state index contributed by atoms with van der Waals surface area (Å²) in [6.45, 7) is 6.05. The lowest BCUT2D eigenvalue weighted by Crippen LogP contribution is -2.50. The summed E-state index contributed by atoms with van der Waals surface area (Å²) in [5, 5.41) is 12.7. The van der Waals surface area contributed by atoms with Crippen LogP contribution in [0.2, 0.25) is 0 Å². The highest BCUT2D eigenvalue weighted by atomic mass is 16.2. The van der Waals surface area contributed by atoms with E-state index in [9.17, 15) is 4.79 Å². The molecule has 134 valence electrons. The first kappa shape index (κ1) is 17.6. The maximum atomic E-state index is 12.5. The first-order valence-corrected chi connectivity index (χ1v) is 9.13. The second-order valence-corrected chi connectivity index (χ2v) is 7.10. The van der Waals surface area contributed by atoms with Gasteiger partial charge in [0.2, 0.25) is 5.91 Å². The normalized spacial score (nSPS) is 16.6. The summed E-state index contributed by atoms with van der Waals surface area (Å²) < 4.78 is 1.83. The van der Waals surface area contributed by atoms with E-state index in [-0.39, 0.29) is 5.91 Å². The Labute approximate surface area is 149 Å². The van der Waals surface area contributed by atoms with Crippen molar-refractivity contribution < 1.29 is 4.79 Å². The third kappa shape index (κ3) is 3.05. The van der Waals surface area contributed by atoms with Crippen molar-refractivity contribution in [1.29, 1.82) is 0 Å². The fourth-order valence-electron chi connectivity index (χ4n) is 4.00. The second-order valence-electron chi connectivity index (χ2n) is 7.10. The molecule has 0 aliphatic heterocycles. The van der Waals surface area contributed by atoms with E-state index in [1.807, 2.05) is 23.6 Å². The minimum Gasteiger partial charge on any atom is -0.333 e. The summed E-state index contributed by atoms with van der Waals surface area (Å²) in [6, 6.07) is 6.26. The van der Waals surface area contributed by atoms with Crippen molar-refractivity contribution in [3.63, 3.8) is 0 Å². The average molecular weight is 341 g/mol. The molecule has 1 amide bonds. The Bertz CT molecular complexity index is 761. The lowest BCUT2D eigenvalue weighted by atomic mass is 9.79. The molecule has 2 aromatic rings. The molecule has 0 bridgehead atoms. The van der Waals surface area contributed by atoms with Gasteiger partial charge < -0.3 is 4.90 Å². The van der Waals surface area contributed by atoms with Crippen LogP contribution in [-0.2, 0) is 10.3 Å². The van der Waals surface area contributed by atoms with Crippen LogP contribution in [0, 0.1) is 13.8 Å². The van der Waals surface area contributed by atoms with Crippen molar-refractivity contribution >= 4 is 5.91 Å². The van der Waals surface area contributed by atoms with Crippen LogP contribution in [0.25, 0.3) is 5.69 Å². The van der Waals surface area contributed by atoms with Crippen molar-refractivity contribution in [1.82, 2.24) is 25.1 Å². The van der Waals surface area contributed by atoms with Crippen molar-refractivity contribution in [3.8, 4) is 5.69 Å². The van der Waals surface area contributed by atoms with E-state index in [1.165, 1.54) is 12.0 Å². The number of aryl methyl sites for hydroxylation is 2. The van der Waals surface area contributed by atoms with Gasteiger partial charge in [0.25, 0.3) is 0 Å². The molecule has 1 aromatic heterocycles. The Morgan fingerprint density at radius 2 is 1.96 bits per heavy atom. The Morgan fingerprint density at radius 1 is 1.24 bits per heavy atom. The molecular formula is C19H27N5O. The standard InChI is InChI=1S/C19H27N5O/c1-5-17(25)23(4)19(11-7-6-8-12-19)18-20-21-22-24(18)16-10-9-14(2)13-15(16)3/h9-10,13H,5-8,11-12H2,1-4H3. The lowest BCUT2D eigenvalue weighted by Gasteiger charge is -2.43. The van der Waals surface area contributed by atoms with Gasteiger partial charge in [-0.2, -0.15) is 4.68 Å². The zero-order valence-corrected chi connectivity index (χ0v) is 15.6. The summed E-state index contributed by atoms with van der Waals surface area (Å²) in [6.07, 6.45) is 5.66. The molecule has 0 spiro atoms. The van der Waals surface area contributed by atoms with E-state index in [4.69, 9.17) is 0 Å². The van der Waals surface area contributed by atoms with Gasteiger partial charge in [-0.25, -0.2) is 0 Å². The summed E-state index contributed by atoms with van der Waals surface area (Å²) in [7, 11) is 1.90. The summed E-state index contributed by atoms with van der Waals surface area (Å²) in [4.78, 5) is 14.4. The molecule has 1 aromatic carbocycles. The largest absolute Gasteiger partial charge is 0.333 e. The van der Waals surface area contributed by atoms with E-state index in [0.29, 0.717) is 6.42 Å². The van der Waals surface area contributed by atoms with Gasteiger partial charge in [-0.05, 0) is 48.7 Å². The number of carbonyl (C=O) groups is 1. The van der Waals surface area contributed by atoms with Crippen LogP contribution in [0.4, 0.5) is 0 Å². The van der Waals surface area contributed by atoms with Gasteiger partial charge in [-0.1, -0.05) is 43.9 Å². The summed E-state index contributed by atoms with van der Waals surface area (Å²) in [5.74, 6) is 0.917. The maximum absolute atomic E-state index is 12.5. The van der Waals surface area contributed by atoms with E-state index in [0.717, 1.165) is 42.8 Å². The lowest BCUT2D eigenvalue weighted by molar-refractivity contribution is -0.137. The Hall–Kier alpha value is -2.24. The fourth-order valence-corrected chi connectivity index (χ4v) is 4.00.